The normalized spacial score (nSPS) is 13.6. The van der Waals surface area contributed by atoms with Crippen LogP contribution in [0, 0.1) is 0 Å². The summed E-state index contributed by atoms with van der Waals surface area (Å²) in [5, 5.41) is 0. The third-order valence-electron chi connectivity index (χ3n) is 4.03. The molecule has 25 heavy (non-hydrogen) atoms. The monoisotopic (exact) mass is 382 g/mol. The highest BCUT2D eigenvalue weighted by molar-refractivity contribution is 7.45. The molecular formula is C19H43O5P. The summed E-state index contributed by atoms with van der Waals surface area (Å²) in [6.45, 7) is 6.58. The Hall–Kier alpha value is 0.0700. The second-order valence-corrected chi connectivity index (χ2v) is 7.75. The van der Waals surface area contributed by atoms with E-state index >= 15 is 0 Å². The van der Waals surface area contributed by atoms with Crippen LogP contribution >= 0.6 is 7.82 Å². The molecule has 0 atom stereocenters. The highest BCUT2D eigenvalue weighted by Crippen LogP contribution is 2.25. The Morgan fingerprint density at radius 2 is 0.880 bits per heavy atom. The van der Waals surface area contributed by atoms with Crippen LogP contribution in [0.1, 0.15) is 110 Å². The van der Waals surface area contributed by atoms with Crippen molar-refractivity contribution in [1.82, 2.24) is 0 Å². The van der Waals surface area contributed by atoms with Crippen LogP contribution in [0.2, 0.25) is 0 Å². The Morgan fingerprint density at radius 1 is 0.640 bits per heavy atom. The Bertz CT molecular complexity index is 249. The zero-order chi connectivity index (χ0) is 19.2. The largest absolute Gasteiger partial charge is 0.466 e. The van der Waals surface area contributed by atoms with E-state index < -0.39 is 7.82 Å². The van der Waals surface area contributed by atoms with Crippen LogP contribution in [0.4, 0.5) is 0 Å². The molecule has 0 aromatic rings. The van der Waals surface area contributed by atoms with Crippen LogP contribution in [0.3, 0.4) is 0 Å². The van der Waals surface area contributed by atoms with Crippen molar-refractivity contribution in [1.29, 1.82) is 0 Å². The van der Waals surface area contributed by atoms with Crippen LogP contribution < -0.4 is 0 Å². The topological polar surface area (TPSA) is 87.0 Å². The van der Waals surface area contributed by atoms with Gasteiger partial charge in [-0.1, -0.05) is 97.3 Å². The lowest BCUT2D eigenvalue weighted by molar-refractivity contribution is 0.198. The third-order valence-corrected chi connectivity index (χ3v) is 4.03. The lowest BCUT2D eigenvalue weighted by atomic mass is 10.1. The fourth-order valence-electron chi connectivity index (χ4n) is 2.60. The van der Waals surface area contributed by atoms with Crippen molar-refractivity contribution < 1.29 is 24.0 Å². The van der Waals surface area contributed by atoms with Gasteiger partial charge in [0, 0.05) is 13.2 Å². The highest BCUT2D eigenvalue weighted by Gasteiger charge is 2.00. The summed E-state index contributed by atoms with van der Waals surface area (Å²) >= 11 is 0. The number of hydrogen-bond acceptors (Lipinski definition) is 2. The third kappa shape index (κ3) is 40.2. The molecule has 0 aliphatic carbocycles. The van der Waals surface area contributed by atoms with Gasteiger partial charge in [0.2, 0.25) is 0 Å². The molecule has 1 rings (SSSR count). The van der Waals surface area contributed by atoms with E-state index in [1.165, 1.54) is 96.3 Å². The van der Waals surface area contributed by atoms with Gasteiger partial charge in [0.15, 0.2) is 0 Å². The van der Waals surface area contributed by atoms with Crippen molar-refractivity contribution in [3.63, 3.8) is 0 Å². The first-order valence-electron chi connectivity index (χ1n) is 10.3. The number of unbranched alkanes of at least 4 members (excludes halogenated alkanes) is 12. The van der Waals surface area contributed by atoms with E-state index in [-0.39, 0.29) is 0 Å². The predicted octanol–water partition coefficient (Wildman–Crippen LogP) is 5.97. The Labute approximate surface area is 155 Å². The van der Waals surface area contributed by atoms with Gasteiger partial charge < -0.3 is 19.4 Å². The van der Waals surface area contributed by atoms with Gasteiger partial charge in [0.05, 0.1) is 0 Å². The lowest BCUT2D eigenvalue weighted by Crippen LogP contribution is -1.82. The van der Waals surface area contributed by atoms with E-state index in [1.54, 1.807) is 0 Å². The van der Waals surface area contributed by atoms with Crippen molar-refractivity contribution >= 4 is 7.82 Å². The first-order valence-corrected chi connectivity index (χ1v) is 11.8. The minimum absolute atomic E-state index is 1.00. The van der Waals surface area contributed by atoms with E-state index in [2.05, 4.69) is 13.8 Å². The average molecular weight is 383 g/mol. The van der Waals surface area contributed by atoms with Gasteiger partial charge in [-0.3, -0.25) is 0 Å². The second kappa shape index (κ2) is 22.1. The molecule has 0 spiro atoms. The number of phosphoric acid groups is 1. The Kier molecular flexibility index (Phi) is 24.1. The number of hydrogen-bond donors (Lipinski definition) is 3. The van der Waals surface area contributed by atoms with Gasteiger partial charge in [-0.2, -0.15) is 0 Å². The summed E-state index contributed by atoms with van der Waals surface area (Å²) in [7, 11) is -4.64. The molecule has 3 N–H and O–H groups in total. The molecule has 0 amide bonds. The average Bonchev–Trinajstić information content (AvgIpc) is 3.11. The molecule has 1 saturated heterocycles. The van der Waals surface area contributed by atoms with Crippen molar-refractivity contribution in [2.24, 2.45) is 0 Å². The summed E-state index contributed by atoms with van der Waals surface area (Å²) in [6.07, 6.45) is 21.5. The van der Waals surface area contributed by atoms with E-state index in [0.717, 1.165) is 13.2 Å². The maximum absolute atomic E-state index is 8.88. The molecular weight excluding hydrogens is 339 g/mol. The van der Waals surface area contributed by atoms with Gasteiger partial charge in [0.25, 0.3) is 0 Å². The molecule has 0 aromatic carbocycles. The molecule has 0 unspecified atom stereocenters. The fraction of sp³-hybridized carbons (Fsp3) is 1.00. The fourth-order valence-corrected chi connectivity index (χ4v) is 2.60. The molecule has 0 saturated carbocycles. The van der Waals surface area contributed by atoms with E-state index in [1.807, 2.05) is 0 Å². The summed E-state index contributed by atoms with van der Waals surface area (Å²) in [5.41, 5.74) is 0. The molecule has 6 heteroatoms. The second-order valence-electron chi connectivity index (χ2n) is 6.72. The molecule has 0 aromatic heterocycles. The van der Waals surface area contributed by atoms with Crippen molar-refractivity contribution in [2.45, 2.75) is 110 Å². The van der Waals surface area contributed by atoms with Gasteiger partial charge in [-0.15, -0.1) is 0 Å². The number of rotatable bonds is 12. The summed E-state index contributed by atoms with van der Waals surface area (Å²) in [6, 6.07) is 0. The maximum Gasteiger partial charge on any atom is 0.466 e. The Morgan fingerprint density at radius 3 is 1.04 bits per heavy atom. The highest BCUT2D eigenvalue weighted by atomic mass is 31.2. The molecule has 5 nitrogen and oxygen atoms in total. The number of ether oxygens (including phenoxy) is 1. The van der Waals surface area contributed by atoms with Crippen molar-refractivity contribution in [3.8, 4) is 0 Å². The van der Waals surface area contributed by atoms with Crippen LogP contribution in [-0.4, -0.2) is 27.9 Å². The smallest absolute Gasteiger partial charge is 0.381 e. The maximum atomic E-state index is 8.88. The lowest BCUT2D eigenvalue weighted by Gasteiger charge is -2.01. The van der Waals surface area contributed by atoms with Crippen molar-refractivity contribution in [2.75, 3.05) is 13.2 Å². The summed E-state index contributed by atoms with van der Waals surface area (Å²) < 4.78 is 13.8. The molecule has 0 bridgehead atoms. The van der Waals surface area contributed by atoms with Crippen LogP contribution in [0.15, 0.2) is 0 Å². The zero-order valence-corrected chi connectivity index (χ0v) is 17.5. The summed E-state index contributed by atoms with van der Waals surface area (Å²) in [4.78, 5) is 21.6. The molecule has 1 aliphatic rings. The minimum atomic E-state index is -4.64. The predicted molar refractivity (Wildman–Crippen MR) is 106 cm³/mol. The first-order chi connectivity index (χ1) is 11.9. The van der Waals surface area contributed by atoms with Crippen LogP contribution in [-0.2, 0) is 9.30 Å². The quantitative estimate of drug-likeness (QED) is 0.286. The summed E-state index contributed by atoms with van der Waals surface area (Å²) in [5.74, 6) is 0. The molecule has 154 valence electrons. The van der Waals surface area contributed by atoms with Gasteiger partial charge in [-0.25, -0.2) is 4.57 Å². The molecule has 0 radical (unpaired) electrons. The first kappa shape index (κ1) is 27.3. The zero-order valence-electron chi connectivity index (χ0n) is 16.6. The molecule has 1 aliphatic heterocycles. The molecule has 1 heterocycles. The van der Waals surface area contributed by atoms with Crippen LogP contribution in [0.5, 0.6) is 0 Å². The minimum Gasteiger partial charge on any atom is -0.381 e. The van der Waals surface area contributed by atoms with Crippen molar-refractivity contribution in [3.05, 3.63) is 0 Å². The van der Waals surface area contributed by atoms with E-state index in [0.29, 0.717) is 0 Å². The SMILES string of the molecule is C1CCOC1.CCCCCCCCCCCCCCC.O=P(O)(O)O. The van der Waals surface area contributed by atoms with E-state index in [9.17, 15) is 0 Å². The Balaban J connectivity index is 0. The standard InChI is InChI=1S/C15H32.C4H8O.H3O4P/c1-3-5-7-9-11-13-15-14-12-10-8-6-4-2;1-2-4-5-3-1;1-5(2,3)4/h3-15H2,1-2H3;1-4H2;(H3,1,2,3,4). The van der Waals surface area contributed by atoms with Crippen LogP contribution in [0.25, 0.3) is 0 Å². The van der Waals surface area contributed by atoms with Gasteiger partial charge >= 0.3 is 7.82 Å². The van der Waals surface area contributed by atoms with Gasteiger partial charge in [0.1, 0.15) is 0 Å². The van der Waals surface area contributed by atoms with E-state index in [4.69, 9.17) is 24.0 Å². The molecule has 1 fully saturated rings. The van der Waals surface area contributed by atoms with Gasteiger partial charge in [-0.05, 0) is 12.8 Å².